The minimum Gasteiger partial charge on any atom is -0.490 e. The molecule has 1 heterocycles. The van der Waals surface area contributed by atoms with Crippen molar-refractivity contribution in [2.45, 2.75) is 51.7 Å². The molecule has 11 heteroatoms. The zero-order chi connectivity index (χ0) is 26.5. The number of carbonyl (C=O) groups is 3. The quantitative estimate of drug-likeness (QED) is 0.221. The highest BCUT2D eigenvalue weighted by atomic mass is 35.5. The molecule has 1 N–H and O–H groups in total. The Bertz CT molecular complexity index is 1270. The molecule has 2 aliphatic rings. The number of nitrogens with zero attached hydrogens (tertiary/aromatic N) is 2. The van der Waals surface area contributed by atoms with Crippen molar-refractivity contribution in [2.75, 3.05) is 6.61 Å². The fraction of sp³-hybridized carbons (Fsp3) is 0.346. The first-order valence-corrected chi connectivity index (χ1v) is 12.4. The van der Waals surface area contributed by atoms with Crippen molar-refractivity contribution in [1.29, 1.82) is 0 Å². The molecule has 0 spiro atoms. The number of rotatable bonds is 8. The highest BCUT2D eigenvalue weighted by Crippen LogP contribution is 2.38. The van der Waals surface area contributed by atoms with Crippen LogP contribution in [0.25, 0.3) is 6.08 Å². The third kappa shape index (κ3) is 5.91. The Morgan fingerprint density at radius 2 is 1.89 bits per heavy atom. The van der Waals surface area contributed by atoms with E-state index in [1.165, 1.54) is 24.3 Å². The first-order chi connectivity index (χ1) is 17.8. The van der Waals surface area contributed by atoms with Gasteiger partial charge in [0.2, 0.25) is 0 Å². The summed E-state index contributed by atoms with van der Waals surface area (Å²) < 4.78 is 11.5. The molecule has 2 aromatic carbocycles. The maximum absolute atomic E-state index is 13.2. The molecule has 0 radical (unpaired) electrons. The van der Waals surface area contributed by atoms with Gasteiger partial charge in [0.15, 0.2) is 11.5 Å². The number of halogens is 1. The topological polar surface area (TPSA) is 128 Å². The Morgan fingerprint density at radius 3 is 2.59 bits per heavy atom. The average molecular weight is 528 g/mol. The maximum Gasteiger partial charge on any atom is 0.331 e. The summed E-state index contributed by atoms with van der Waals surface area (Å²) in [5.74, 6) is -0.922. The van der Waals surface area contributed by atoms with Crippen molar-refractivity contribution in [3.63, 3.8) is 0 Å². The molecule has 4 amide bonds. The Hall–Kier alpha value is -3.92. The fourth-order valence-corrected chi connectivity index (χ4v) is 4.77. The summed E-state index contributed by atoms with van der Waals surface area (Å²) in [6.07, 6.45) is 5.67. The molecular formula is C26H26ClN3O7. The maximum atomic E-state index is 13.2. The number of amides is 4. The molecule has 1 saturated carbocycles. The molecule has 37 heavy (non-hydrogen) atoms. The molecule has 10 nitrogen and oxygen atoms in total. The molecule has 0 aromatic heterocycles. The smallest absolute Gasteiger partial charge is 0.331 e. The van der Waals surface area contributed by atoms with E-state index in [9.17, 15) is 24.5 Å². The van der Waals surface area contributed by atoms with Gasteiger partial charge in [0.1, 0.15) is 12.2 Å². The van der Waals surface area contributed by atoms with E-state index in [2.05, 4.69) is 5.32 Å². The van der Waals surface area contributed by atoms with Crippen molar-refractivity contribution < 1.29 is 28.8 Å². The minimum absolute atomic E-state index is 0.00125. The zero-order valence-electron chi connectivity index (χ0n) is 20.2. The van der Waals surface area contributed by atoms with E-state index in [0.29, 0.717) is 24.0 Å². The molecule has 1 aliphatic carbocycles. The molecule has 4 rings (SSSR count). The Balaban J connectivity index is 1.61. The number of carbonyl (C=O) groups excluding carboxylic acids is 3. The van der Waals surface area contributed by atoms with Gasteiger partial charge in [0, 0.05) is 18.2 Å². The lowest BCUT2D eigenvalue weighted by Gasteiger charge is -2.35. The molecule has 2 aromatic rings. The number of barbiturate groups is 1. The van der Waals surface area contributed by atoms with Crippen molar-refractivity contribution >= 4 is 41.2 Å². The predicted octanol–water partition coefficient (Wildman–Crippen LogP) is 5.02. The van der Waals surface area contributed by atoms with Crippen LogP contribution in [-0.4, -0.2) is 40.3 Å². The van der Waals surface area contributed by atoms with Gasteiger partial charge in [-0.3, -0.25) is 29.9 Å². The van der Waals surface area contributed by atoms with Gasteiger partial charge in [-0.05, 0) is 49.1 Å². The Labute approximate surface area is 218 Å². The number of urea groups is 1. The van der Waals surface area contributed by atoms with Crippen LogP contribution in [0.15, 0.2) is 42.0 Å². The largest absolute Gasteiger partial charge is 0.490 e. The summed E-state index contributed by atoms with van der Waals surface area (Å²) in [6.45, 7) is 2.06. The summed E-state index contributed by atoms with van der Waals surface area (Å²) in [7, 11) is 0. The van der Waals surface area contributed by atoms with Crippen LogP contribution in [0.2, 0.25) is 5.02 Å². The lowest BCUT2D eigenvalue weighted by atomic mass is 9.93. The van der Waals surface area contributed by atoms with Crippen LogP contribution in [0.3, 0.4) is 0 Å². The second-order valence-electron chi connectivity index (χ2n) is 8.76. The van der Waals surface area contributed by atoms with Crippen LogP contribution in [0, 0.1) is 10.1 Å². The van der Waals surface area contributed by atoms with Gasteiger partial charge in [0.25, 0.3) is 17.5 Å². The molecule has 0 atom stereocenters. The zero-order valence-corrected chi connectivity index (χ0v) is 21.0. The average Bonchev–Trinajstić information content (AvgIpc) is 2.87. The Kier molecular flexibility index (Phi) is 8.08. The molecule has 0 unspecified atom stereocenters. The number of imide groups is 2. The summed E-state index contributed by atoms with van der Waals surface area (Å²) in [6, 6.07) is 8.18. The van der Waals surface area contributed by atoms with Gasteiger partial charge < -0.3 is 9.47 Å². The molecule has 1 saturated heterocycles. The molecule has 0 bridgehead atoms. The number of nitro benzene ring substituents is 1. The molecule has 194 valence electrons. The van der Waals surface area contributed by atoms with Crippen LogP contribution in [-0.2, 0) is 16.2 Å². The van der Waals surface area contributed by atoms with E-state index in [-0.39, 0.29) is 47.0 Å². The standard InChI is InChI=1S/C26H26ClN3O7/c1-2-36-22-14-17(13-21(27)23(22)37-15-16-7-6-10-19(11-16)30(34)35)12-20-24(31)28-26(33)29(25(20)32)18-8-4-3-5-9-18/h6-7,10-14,18H,2-5,8-9,15H2,1H3,(H,28,31,33). The highest BCUT2D eigenvalue weighted by Gasteiger charge is 2.40. The van der Waals surface area contributed by atoms with Gasteiger partial charge in [-0.2, -0.15) is 0 Å². The van der Waals surface area contributed by atoms with Crippen molar-refractivity contribution in [3.8, 4) is 11.5 Å². The van der Waals surface area contributed by atoms with Gasteiger partial charge >= 0.3 is 6.03 Å². The summed E-state index contributed by atoms with van der Waals surface area (Å²) in [4.78, 5) is 49.9. The predicted molar refractivity (Wildman–Crippen MR) is 135 cm³/mol. The van der Waals surface area contributed by atoms with Gasteiger partial charge in [-0.15, -0.1) is 0 Å². The van der Waals surface area contributed by atoms with E-state index in [4.69, 9.17) is 21.1 Å². The van der Waals surface area contributed by atoms with E-state index >= 15 is 0 Å². The highest BCUT2D eigenvalue weighted by molar-refractivity contribution is 6.33. The second-order valence-corrected chi connectivity index (χ2v) is 9.17. The number of hydrogen-bond donors (Lipinski definition) is 1. The van der Waals surface area contributed by atoms with Crippen LogP contribution in [0.1, 0.15) is 50.2 Å². The normalized spacial score (nSPS) is 17.6. The van der Waals surface area contributed by atoms with Crippen molar-refractivity contribution in [2.24, 2.45) is 0 Å². The van der Waals surface area contributed by atoms with E-state index < -0.39 is 22.8 Å². The van der Waals surface area contributed by atoms with Crippen LogP contribution in [0.5, 0.6) is 11.5 Å². The molecule has 1 aliphatic heterocycles. The van der Waals surface area contributed by atoms with E-state index in [1.54, 1.807) is 25.1 Å². The summed E-state index contributed by atoms with van der Waals surface area (Å²) >= 11 is 6.49. The van der Waals surface area contributed by atoms with Crippen molar-refractivity contribution in [1.82, 2.24) is 10.2 Å². The first kappa shape index (κ1) is 26.2. The third-order valence-corrected chi connectivity index (χ3v) is 6.50. The second kappa shape index (κ2) is 11.4. The number of hydrogen-bond acceptors (Lipinski definition) is 7. The van der Waals surface area contributed by atoms with E-state index in [0.717, 1.165) is 24.2 Å². The molecular weight excluding hydrogens is 502 g/mol. The number of nitrogens with one attached hydrogen (secondary N) is 1. The number of nitro groups is 1. The monoisotopic (exact) mass is 527 g/mol. The van der Waals surface area contributed by atoms with Gasteiger partial charge in [0.05, 0.1) is 16.6 Å². The van der Waals surface area contributed by atoms with Crippen LogP contribution in [0.4, 0.5) is 10.5 Å². The number of benzene rings is 2. The van der Waals surface area contributed by atoms with Crippen LogP contribution < -0.4 is 14.8 Å². The SMILES string of the molecule is CCOc1cc(C=C2C(=O)NC(=O)N(C3CCCCC3)C2=O)cc(Cl)c1OCc1cccc([N+](=O)[O-])c1. The van der Waals surface area contributed by atoms with Crippen LogP contribution >= 0.6 is 11.6 Å². The first-order valence-electron chi connectivity index (χ1n) is 12.0. The lowest BCUT2D eigenvalue weighted by molar-refractivity contribution is -0.384. The molecule has 2 fully saturated rings. The van der Waals surface area contributed by atoms with Crippen molar-refractivity contribution in [3.05, 3.63) is 68.2 Å². The third-order valence-electron chi connectivity index (χ3n) is 6.22. The number of non-ortho nitro benzene ring substituents is 1. The van der Waals surface area contributed by atoms with Gasteiger partial charge in [-0.1, -0.05) is 43.0 Å². The number of ether oxygens (including phenoxy) is 2. The minimum atomic E-state index is -0.776. The van der Waals surface area contributed by atoms with E-state index in [1.807, 2.05) is 0 Å². The fourth-order valence-electron chi connectivity index (χ4n) is 4.50. The lowest BCUT2D eigenvalue weighted by Crippen LogP contribution is -2.58. The summed E-state index contributed by atoms with van der Waals surface area (Å²) in [5.41, 5.74) is 0.743. The summed E-state index contributed by atoms with van der Waals surface area (Å²) in [5, 5.41) is 13.5. The van der Waals surface area contributed by atoms with Gasteiger partial charge in [-0.25, -0.2) is 4.79 Å². The Morgan fingerprint density at radius 1 is 1.14 bits per heavy atom.